The second kappa shape index (κ2) is 6.69. The lowest BCUT2D eigenvalue weighted by atomic mass is 9.69. The Balaban J connectivity index is 1.47. The maximum absolute atomic E-state index is 11.0. The number of aryl methyl sites for hydroxylation is 2. The van der Waals surface area contributed by atoms with Crippen molar-refractivity contribution < 1.29 is 5.11 Å². The van der Waals surface area contributed by atoms with E-state index in [0.717, 1.165) is 50.4 Å². The Morgan fingerprint density at radius 1 is 1.27 bits per heavy atom. The maximum atomic E-state index is 11.0. The number of anilines is 1. The topological polar surface area (TPSA) is 54.2 Å². The fourth-order valence-corrected chi connectivity index (χ4v) is 4.96. The number of aromatic nitrogens is 3. The van der Waals surface area contributed by atoms with Crippen LogP contribution in [0, 0.1) is 25.7 Å². The van der Waals surface area contributed by atoms with Crippen molar-refractivity contribution in [2.75, 3.05) is 18.0 Å². The molecule has 1 saturated heterocycles. The van der Waals surface area contributed by atoms with E-state index >= 15 is 0 Å². The van der Waals surface area contributed by atoms with Crippen molar-refractivity contribution in [2.24, 2.45) is 11.8 Å². The molecule has 0 bridgehead atoms. The van der Waals surface area contributed by atoms with Gasteiger partial charge in [0.2, 0.25) is 0 Å². The van der Waals surface area contributed by atoms with Crippen molar-refractivity contribution in [1.82, 2.24) is 14.8 Å². The Bertz CT molecular complexity index is 769. The molecule has 2 aliphatic rings. The second-order valence-corrected chi connectivity index (χ2v) is 8.23. The third-order valence-corrected chi connectivity index (χ3v) is 6.50. The highest BCUT2D eigenvalue weighted by Crippen LogP contribution is 2.45. The lowest BCUT2D eigenvalue weighted by Gasteiger charge is -2.40. The van der Waals surface area contributed by atoms with Gasteiger partial charge in [-0.05, 0) is 56.7 Å². The zero-order valence-electron chi connectivity index (χ0n) is 16.1. The molecular weight excluding hydrogens is 324 g/mol. The van der Waals surface area contributed by atoms with Crippen molar-refractivity contribution >= 4 is 5.82 Å². The first-order valence-electron chi connectivity index (χ1n) is 9.92. The molecule has 2 fully saturated rings. The highest BCUT2D eigenvalue weighted by atomic mass is 16.3. The van der Waals surface area contributed by atoms with Gasteiger partial charge < -0.3 is 10.0 Å². The summed E-state index contributed by atoms with van der Waals surface area (Å²) in [6.07, 6.45) is 6.16. The predicted octanol–water partition coefficient (Wildman–Crippen LogP) is 3.32. The van der Waals surface area contributed by atoms with Gasteiger partial charge in [-0.3, -0.25) is 4.68 Å². The average molecular weight is 354 g/mol. The van der Waals surface area contributed by atoms with Gasteiger partial charge >= 0.3 is 0 Å². The van der Waals surface area contributed by atoms with E-state index in [4.69, 9.17) is 4.98 Å². The molecule has 5 heteroatoms. The minimum atomic E-state index is -0.479. The highest BCUT2D eigenvalue weighted by Gasteiger charge is 2.47. The summed E-state index contributed by atoms with van der Waals surface area (Å²) in [5.41, 5.74) is 2.92. The summed E-state index contributed by atoms with van der Waals surface area (Å²) in [6, 6.07) is 6.39. The Morgan fingerprint density at radius 3 is 2.77 bits per heavy atom. The van der Waals surface area contributed by atoms with Crippen LogP contribution in [0.15, 0.2) is 24.4 Å². The number of rotatable bonds is 4. The zero-order valence-corrected chi connectivity index (χ0v) is 16.1. The lowest BCUT2D eigenvalue weighted by molar-refractivity contribution is -0.0597. The van der Waals surface area contributed by atoms with Crippen molar-refractivity contribution in [3.8, 4) is 0 Å². The van der Waals surface area contributed by atoms with E-state index in [9.17, 15) is 5.11 Å². The van der Waals surface area contributed by atoms with E-state index in [2.05, 4.69) is 42.0 Å². The number of hydrogen-bond acceptors (Lipinski definition) is 4. The number of hydrogen-bond donors (Lipinski definition) is 1. The number of aliphatic hydroxyl groups is 1. The van der Waals surface area contributed by atoms with Crippen LogP contribution in [0.2, 0.25) is 0 Å². The molecule has 1 aliphatic heterocycles. The largest absolute Gasteiger partial charge is 0.390 e. The molecule has 1 aliphatic carbocycles. The van der Waals surface area contributed by atoms with Gasteiger partial charge in [0, 0.05) is 30.9 Å². The van der Waals surface area contributed by atoms with E-state index in [1.807, 2.05) is 17.8 Å². The predicted molar refractivity (Wildman–Crippen MR) is 103 cm³/mol. The number of pyridine rings is 1. The van der Waals surface area contributed by atoms with E-state index < -0.39 is 5.60 Å². The minimum absolute atomic E-state index is 0.387. The Morgan fingerprint density at radius 2 is 2.12 bits per heavy atom. The quantitative estimate of drug-likeness (QED) is 0.915. The lowest BCUT2D eigenvalue weighted by Crippen LogP contribution is -2.44. The van der Waals surface area contributed by atoms with Crippen LogP contribution in [0.25, 0.3) is 0 Å². The second-order valence-electron chi connectivity index (χ2n) is 8.23. The summed E-state index contributed by atoms with van der Waals surface area (Å²) in [5.74, 6) is 2.03. The molecule has 140 valence electrons. The van der Waals surface area contributed by atoms with Crippen molar-refractivity contribution in [3.63, 3.8) is 0 Å². The van der Waals surface area contributed by atoms with Crippen LogP contribution < -0.4 is 4.90 Å². The Kier molecular flexibility index (Phi) is 4.51. The van der Waals surface area contributed by atoms with Gasteiger partial charge in [0.15, 0.2) is 0 Å². The molecule has 5 nitrogen and oxygen atoms in total. The van der Waals surface area contributed by atoms with Crippen LogP contribution in [-0.4, -0.2) is 38.6 Å². The van der Waals surface area contributed by atoms with E-state index in [0.29, 0.717) is 11.8 Å². The molecule has 1 saturated carbocycles. The van der Waals surface area contributed by atoms with Gasteiger partial charge in [-0.1, -0.05) is 19.4 Å². The Hall–Kier alpha value is -1.88. The molecule has 3 atom stereocenters. The molecular formula is C21H30N4O. The maximum Gasteiger partial charge on any atom is 0.128 e. The third-order valence-electron chi connectivity index (χ3n) is 6.50. The third kappa shape index (κ3) is 3.13. The van der Waals surface area contributed by atoms with Crippen LogP contribution in [0.5, 0.6) is 0 Å². The van der Waals surface area contributed by atoms with Gasteiger partial charge in [0.25, 0.3) is 0 Å². The van der Waals surface area contributed by atoms with Crippen molar-refractivity contribution in [1.29, 1.82) is 0 Å². The smallest absolute Gasteiger partial charge is 0.128 e. The molecule has 26 heavy (non-hydrogen) atoms. The normalized spacial score (nSPS) is 28.4. The van der Waals surface area contributed by atoms with Crippen molar-refractivity contribution in [3.05, 3.63) is 41.3 Å². The van der Waals surface area contributed by atoms with Crippen LogP contribution in [0.1, 0.15) is 49.6 Å². The van der Waals surface area contributed by atoms with Crippen LogP contribution in [0.4, 0.5) is 5.82 Å². The summed E-state index contributed by atoms with van der Waals surface area (Å²) in [5, 5.41) is 15.5. The molecule has 0 amide bonds. The SMILES string of the molecule is CC[C@@]1(O)CCC[C@@H]2CN(c3ccc(Cn4nc(C)cc4C)cn3)C[C@@H]21. The molecule has 0 spiro atoms. The molecule has 4 rings (SSSR count). The molecule has 0 unspecified atom stereocenters. The summed E-state index contributed by atoms with van der Waals surface area (Å²) in [4.78, 5) is 7.10. The van der Waals surface area contributed by atoms with E-state index in [1.165, 1.54) is 17.7 Å². The summed E-state index contributed by atoms with van der Waals surface area (Å²) >= 11 is 0. The molecule has 2 aromatic rings. The first-order chi connectivity index (χ1) is 12.5. The first kappa shape index (κ1) is 17.5. The van der Waals surface area contributed by atoms with Crippen molar-refractivity contribution in [2.45, 2.75) is 58.6 Å². The van der Waals surface area contributed by atoms with Crippen LogP contribution in [-0.2, 0) is 6.54 Å². The number of fused-ring (bicyclic) bond motifs is 1. The van der Waals surface area contributed by atoms with Gasteiger partial charge in [-0.15, -0.1) is 0 Å². The molecule has 1 N–H and O–H groups in total. The van der Waals surface area contributed by atoms with Gasteiger partial charge in [0.1, 0.15) is 5.82 Å². The molecule has 0 aromatic carbocycles. The molecule has 2 aromatic heterocycles. The summed E-state index contributed by atoms with van der Waals surface area (Å²) in [7, 11) is 0. The van der Waals surface area contributed by atoms with E-state index in [-0.39, 0.29) is 0 Å². The fraction of sp³-hybridized carbons (Fsp3) is 0.619. The van der Waals surface area contributed by atoms with Gasteiger partial charge in [-0.2, -0.15) is 5.10 Å². The molecule has 3 heterocycles. The zero-order chi connectivity index (χ0) is 18.3. The summed E-state index contributed by atoms with van der Waals surface area (Å²) in [6.45, 7) is 8.94. The average Bonchev–Trinajstić information content (AvgIpc) is 3.20. The Labute approximate surface area is 156 Å². The summed E-state index contributed by atoms with van der Waals surface area (Å²) < 4.78 is 2.03. The van der Waals surface area contributed by atoms with Gasteiger partial charge in [0.05, 0.1) is 17.8 Å². The monoisotopic (exact) mass is 354 g/mol. The highest BCUT2D eigenvalue weighted by molar-refractivity contribution is 5.41. The fourth-order valence-electron chi connectivity index (χ4n) is 4.96. The van der Waals surface area contributed by atoms with Gasteiger partial charge in [-0.25, -0.2) is 4.98 Å². The minimum Gasteiger partial charge on any atom is -0.390 e. The molecule has 0 radical (unpaired) electrons. The standard InChI is InChI=1S/C21H30N4O/c1-4-21(26)9-5-6-18-13-24(14-19(18)21)20-8-7-17(11-22-20)12-25-16(3)10-15(2)23-25/h7-8,10-11,18-19,26H,4-6,9,12-14H2,1-3H3/t18-,19+,21-/m1/s1. The first-order valence-corrected chi connectivity index (χ1v) is 9.92. The number of nitrogens with zero attached hydrogens (tertiary/aromatic N) is 4. The van der Waals surface area contributed by atoms with Crippen LogP contribution >= 0.6 is 0 Å². The van der Waals surface area contributed by atoms with E-state index in [1.54, 1.807) is 0 Å². The van der Waals surface area contributed by atoms with Crippen LogP contribution in [0.3, 0.4) is 0 Å².